The third-order valence-electron chi connectivity index (χ3n) is 1.04. The molecule has 0 aliphatic heterocycles. The molecule has 0 heterocycles. The standard InChI is InChI=1S/C7H9NO6/c8-2-1-6(11)14-4(7(12)13)3-5(9)10/h3H,1-2,8H2,(H,9,10)(H,12,13)/b4-3-. The van der Waals surface area contributed by atoms with E-state index in [0.717, 1.165) is 0 Å². The summed E-state index contributed by atoms with van der Waals surface area (Å²) < 4.78 is 4.22. The summed E-state index contributed by atoms with van der Waals surface area (Å²) in [6.45, 7) is -0.00119. The van der Waals surface area contributed by atoms with Crippen molar-refractivity contribution < 1.29 is 29.3 Å². The van der Waals surface area contributed by atoms with Crippen molar-refractivity contribution >= 4 is 17.9 Å². The van der Waals surface area contributed by atoms with Crippen molar-refractivity contribution in [2.45, 2.75) is 6.42 Å². The molecule has 0 rings (SSSR count). The van der Waals surface area contributed by atoms with Crippen molar-refractivity contribution in [2.75, 3.05) is 6.54 Å². The van der Waals surface area contributed by atoms with Crippen molar-refractivity contribution in [2.24, 2.45) is 5.73 Å². The van der Waals surface area contributed by atoms with E-state index in [1.54, 1.807) is 0 Å². The second kappa shape index (κ2) is 5.70. The van der Waals surface area contributed by atoms with Gasteiger partial charge in [0.25, 0.3) is 0 Å². The number of carbonyl (C=O) groups excluding carboxylic acids is 1. The number of carboxylic acids is 2. The SMILES string of the molecule is NCCC(=O)O/C(=C\C(=O)O)C(=O)O. The van der Waals surface area contributed by atoms with Gasteiger partial charge < -0.3 is 20.7 Å². The highest BCUT2D eigenvalue weighted by atomic mass is 16.6. The number of rotatable bonds is 5. The lowest BCUT2D eigenvalue weighted by molar-refractivity contribution is -0.148. The van der Waals surface area contributed by atoms with Crippen LogP contribution in [0.4, 0.5) is 0 Å². The molecule has 7 nitrogen and oxygen atoms in total. The molecular formula is C7H9NO6. The van der Waals surface area contributed by atoms with Crippen molar-refractivity contribution in [1.82, 2.24) is 0 Å². The average molecular weight is 203 g/mol. The molecule has 0 aromatic carbocycles. The van der Waals surface area contributed by atoms with Crippen LogP contribution in [0.25, 0.3) is 0 Å². The van der Waals surface area contributed by atoms with Gasteiger partial charge in [-0.1, -0.05) is 0 Å². The number of hydrogen-bond acceptors (Lipinski definition) is 5. The van der Waals surface area contributed by atoms with E-state index in [1.807, 2.05) is 0 Å². The zero-order valence-electron chi connectivity index (χ0n) is 7.10. The van der Waals surface area contributed by atoms with Crippen LogP contribution in [0.15, 0.2) is 11.8 Å². The van der Waals surface area contributed by atoms with Gasteiger partial charge in [0, 0.05) is 6.54 Å². The summed E-state index contributed by atoms with van der Waals surface area (Å²) in [6.07, 6.45) is 0.112. The molecule has 7 heteroatoms. The first-order chi connectivity index (χ1) is 6.47. The zero-order valence-corrected chi connectivity index (χ0v) is 7.10. The fourth-order valence-corrected chi connectivity index (χ4v) is 0.539. The van der Waals surface area contributed by atoms with Crippen LogP contribution in [0.2, 0.25) is 0 Å². The maximum absolute atomic E-state index is 10.7. The highest BCUT2D eigenvalue weighted by molar-refractivity contribution is 5.94. The van der Waals surface area contributed by atoms with E-state index in [-0.39, 0.29) is 19.0 Å². The van der Waals surface area contributed by atoms with Crippen molar-refractivity contribution in [3.05, 3.63) is 11.8 Å². The van der Waals surface area contributed by atoms with Crippen LogP contribution in [-0.4, -0.2) is 34.7 Å². The Morgan fingerprint density at radius 2 is 1.86 bits per heavy atom. The molecule has 14 heavy (non-hydrogen) atoms. The fourth-order valence-electron chi connectivity index (χ4n) is 0.539. The smallest absolute Gasteiger partial charge is 0.372 e. The molecular weight excluding hydrogens is 194 g/mol. The van der Waals surface area contributed by atoms with E-state index in [9.17, 15) is 14.4 Å². The monoisotopic (exact) mass is 203 g/mol. The number of esters is 1. The third kappa shape index (κ3) is 4.88. The highest BCUT2D eigenvalue weighted by Gasteiger charge is 2.15. The predicted molar refractivity (Wildman–Crippen MR) is 43.1 cm³/mol. The van der Waals surface area contributed by atoms with E-state index in [1.165, 1.54) is 0 Å². The van der Waals surface area contributed by atoms with E-state index in [0.29, 0.717) is 0 Å². The summed E-state index contributed by atoms with van der Waals surface area (Å²) in [5, 5.41) is 16.6. The van der Waals surface area contributed by atoms with E-state index >= 15 is 0 Å². The summed E-state index contributed by atoms with van der Waals surface area (Å²) in [5.74, 6) is -4.96. The highest BCUT2D eigenvalue weighted by Crippen LogP contribution is 1.99. The Balaban J connectivity index is 4.47. The molecule has 0 bridgehead atoms. The number of aliphatic carboxylic acids is 2. The van der Waals surface area contributed by atoms with Gasteiger partial charge in [-0.3, -0.25) is 4.79 Å². The Hall–Kier alpha value is -1.89. The zero-order chi connectivity index (χ0) is 11.1. The second-order valence-electron chi connectivity index (χ2n) is 2.16. The van der Waals surface area contributed by atoms with Crippen LogP contribution in [0, 0.1) is 0 Å². The number of nitrogens with two attached hydrogens (primary N) is 1. The van der Waals surface area contributed by atoms with Gasteiger partial charge in [-0.15, -0.1) is 0 Å². The third-order valence-corrected chi connectivity index (χ3v) is 1.04. The topological polar surface area (TPSA) is 127 Å². The van der Waals surface area contributed by atoms with Gasteiger partial charge in [0.05, 0.1) is 12.5 Å². The van der Waals surface area contributed by atoms with Gasteiger partial charge in [0.2, 0.25) is 5.76 Å². The first kappa shape index (κ1) is 12.1. The van der Waals surface area contributed by atoms with E-state index in [2.05, 4.69) is 4.74 Å². The van der Waals surface area contributed by atoms with Gasteiger partial charge in [0.15, 0.2) is 0 Å². The molecule has 0 fully saturated rings. The van der Waals surface area contributed by atoms with Gasteiger partial charge in [-0.2, -0.15) is 0 Å². The van der Waals surface area contributed by atoms with Gasteiger partial charge in [-0.25, -0.2) is 9.59 Å². The number of hydrogen-bond donors (Lipinski definition) is 3. The largest absolute Gasteiger partial charge is 0.478 e. The Bertz CT molecular complexity index is 282. The normalized spacial score (nSPS) is 10.8. The van der Waals surface area contributed by atoms with Crippen molar-refractivity contribution in [1.29, 1.82) is 0 Å². The van der Waals surface area contributed by atoms with Crippen LogP contribution >= 0.6 is 0 Å². The molecule has 0 aliphatic rings. The molecule has 0 saturated carbocycles. The van der Waals surface area contributed by atoms with Crippen LogP contribution in [0.1, 0.15) is 6.42 Å². The first-order valence-electron chi connectivity index (χ1n) is 3.56. The molecule has 0 aliphatic carbocycles. The van der Waals surface area contributed by atoms with Crippen LogP contribution < -0.4 is 5.73 Å². The van der Waals surface area contributed by atoms with E-state index < -0.39 is 23.7 Å². The summed E-state index contributed by atoms with van der Waals surface area (Å²) in [5.41, 5.74) is 5.00. The van der Waals surface area contributed by atoms with Gasteiger partial charge in [0.1, 0.15) is 0 Å². The van der Waals surface area contributed by atoms with Gasteiger partial charge >= 0.3 is 17.9 Å². The number of ether oxygens (including phenoxy) is 1. The Morgan fingerprint density at radius 1 is 1.29 bits per heavy atom. The molecule has 0 radical (unpaired) electrons. The predicted octanol–water partition coefficient (Wildman–Crippen LogP) is -1.07. The molecule has 4 N–H and O–H groups in total. The molecule has 0 aromatic heterocycles. The average Bonchev–Trinajstić information content (AvgIpc) is 2.02. The number of carbonyl (C=O) groups is 3. The van der Waals surface area contributed by atoms with Gasteiger partial charge in [-0.05, 0) is 0 Å². The molecule has 0 amide bonds. The minimum Gasteiger partial charge on any atom is -0.478 e. The number of carboxylic acid groups (broad SMARTS) is 2. The van der Waals surface area contributed by atoms with Crippen molar-refractivity contribution in [3.8, 4) is 0 Å². The summed E-state index contributed by atoms with van der Waals surface area (Å²) in [4.78, 5) is 31.2. The quantitative estimate of drug-likeness (QED) is 0.295. The Morgan fingerprint density at radius 3 is 2.21 bits per heavy atom. The lowest BCUT2D eigenvalue weighted by atomic mass is 10.4. The maximum atomic E-state index is 10.7. The van der Waals surface area contributed by atoms with Crippen LogP contribution in [0.5, 0.6) is 0 Å². The van der Waals surface area contributed by atoms with Crippen molar-refractivity contribution in [3.63, 3.8) is 0 Å². The molecule has 0 aromatic rings. The molecule has 0 atom stereocenters. The Labute approximate surface area is 78.8 Å². The molecule has 78 valence electrons. The summed E-state index contributed by atoms with van der Waals surface area (Å²) in [7, 11) is 0. The lowest BCUT2D eigenvalue weighted by Gasteiger charge is -2.02. The summed E-state index contributed by atoms with van der Waals surface area (Å²) >= 11 is 0. The minimum atomic E-state index is -1.63. The van der Waals surface area contributed by atoms with Crippen LogP contribution in [0.3, 0.4) is 0 Å². The fraction of sp³-hybridized carbons (Fsp3) is 0.286. The summed E-state index contributed by atoms with van der Waals surface area (Å²) in [6, 6.07) is 0. The van der Waals surface area contributed by atoms with Crippen LogP contribution in [-0.2, 0) is 19.1 Å². The van der Waals surface area contributed by atoms with E-state index in [4.69, 9.17) is 15.9 Å². The lowest BCUT2D eigenvalue weighted by Crippen LogP contribution is -2.15. The second-order valence-corrected chi connectivity index (χ2v) is 2.16. The minimum absolute atomic E-state index is 0.00119. The first-order valence-corrected chi connectivity index (χ1v) is 3.56. The molecule has 0 spiro atoms. The molecule has 0 unspecified atom stereocenters. The Kier molecular flexibility index (Phi) is 4.93. The maximum Gasteiger partial charge on any atom is 0.372 e. The molecule has 0 saturated heterocycles.